The highest BCUT2D eigenvalue weighted by molar-refractivity contribution is 8.00. The molecule has 0 amide bonds. The lowest BCUT2D eigenvalue weighted by Crippen LogP contribution is -2.43. The van der Waals surface area contributed by atoms with E-state index in [1.165, 1.54) is 31.2 Å². The van der Waals surface area contributed by atoms with E-state index in [1.807, 2.05) is 11.8 Å². The van der Waals surface area contributed by atoms with E-state index in [9.17, 15) is 0 Å². The molecule has 17 heavy (non-hydrogen) atoms. The van der Waals surface area contributed by atoms with Crippen LogP contribution in [0.2, 0.25) is 0 Å². The zero-order valence-corrected chi connectivity index (χ0v) is 11.9. The summed E-state index contributed by atoms with van der Waals surface area (Å²) in [6, 6.07) is 2.23. The molecule has 1 saturated carbocycles. The molecule has 0 bridgehead atoms. The van der Waals surface area contributed by atoms with Crippen LogP contribution in [0, 0.1) is 0 Å². The molecular weight excluding hydrogens is 228 g/mol. The Bertz CT molecular complexity index is 336. The molecule has 0 aliphatic heterocycles. The average Bonchev–Trinajstić information content (AvgIpc) is 2.71. The van der Waals surface area contributed by atoms with Gasteiger partial charge in [0.25, 0.3) is 0 Å². The topological polar surface area (TPSA) is 17.0 Å². The molecule has 1 aliphatic rings. The minimum absolute atomic E-state index is 0.548. The molecule has 1 N–H and O–H groups in total. The number of hydrogen-bond donors (Lipinski definition) is 1. The summed E-state index contributed by atoms with van der Waals surface area (Å²) in [7, 11) is 0. The van der Waals surface area contributed by atoms with Crippen molar-refractivity contribution in [1.82, 2.24) is 9.88 Å². The lowest BCUT2D eigenvalue weighted by Gasteiger charge is -2.40. The lowest BCUT2D eigenvalue weighted by molar-refractivity contribution is 0.345. The van der Waals surface area contributed by atoms with Crippen LogP contribution in [-0.2, 0) is 13.1 Å². The van der Waals surface area contributed by atoms with Gasteiger partial charge in [0, 0.05) is 36.8 Å². The number of hydrogen-bond acceptors (Lipinski definition) is 2. The van der Waals surface area contributed by atoms with Crippen LogP contribution in [0.1, 0.15) is 38.2 Å². The smallest absolute Gasteiger partial charge is 0.0281 e. The predicted molar refractivity (Wildman–Crippen MR) is 76.5 cm³/mol. The van der Waals surface area contributed by atoms with Crippen molar-refractivity contribution in [3.8, 4) is 0 Å². The summed E-state index contributed by atoms with van der Waals surface area (Å²) in [5.41, 5.74) is 1.41. The number of nitrogens with one attached hydrogen (secondary N) is 1. The normalized spacial score (nSPS) is 18.0. The zero-order chi connectivity index (χ0) is 12.1. The van der Waals surface area contributed by atoms with Gasteiger partial charge in [-0.2, -0.15) is 11.8 Å². The number of thioether (sulfide) groups is 1. The molecule has 0 saturated heterocycles. The van der Waals surface area contributed by atoms with Crippen molar-refractivity contribution < 1.29 is 0 Å². The van der Waals surface area contributed by atoms with Gasteiger partial charge in [0.15, 0.2) is 0 Å². The van der Waals surface area contributed by atoms with E-state index in [1.54, 1.807) is 0 Å². The molecule has 3 heteroatoms. The standard InChI is InChI=1S/C14H24N2S/c1-3-8-16-9-5-13(11-16)10-15-12-14(17-2)6-4-7-14/h5,9,11,15H,3-4,6-8,10,12H2,1-2H3. The first-order chi connectivity index (χ1) is 8.28. The van der Waals surface area contributed by atoms with Crippen LogP contribution >= 0.6 is 11.8 Å². The Kier molecular flexibility index (Phi) is 4.57. The summed E-state index contributed by atoms with van der Waals surface area (Å²) < 4.78 is 2.83. The Balaban J connectivity index is 1.73. The maximum Gasteiger partial charge on any atom is 0.0281 e. The van der Waals surface area contributed by atoms with Crippen molar-refractivity contribution in [2.75, 3.05) is 12.8 Å². The summed E-state index contributed by atoms with van der Waals surface area (Å²) in [5, 5.41) is 3.62. The van der Waals surface area contributed by atoms with Gasteiger partial charge in [-0.15, -0.1) is 0 Å². The van der Waals surface area contributed by atoms with E-state index >= 15 is 0 Å². The molecule has 2 rings (SSSR count). The lowest BCUT2D eigenvalue weighted by atomic mass is 9.84. The average molecular weight is 252 g/mol. The first kappa shape index (κ1) is 13.0. The SMILES string of the molecule is CCCn1ccc(CNCC2(SC)CCC2)c1. The summed E-state index contributed by atoms with van der Waals surface area (Å²) >= 11 is 2.04. The molecule has 2 nitrogen and oxygen atoms in total. The van der Waals surface area contributed by atoms with Crippen molar-refractivity contribution in [3.05, 3.63) is 24.0 Å². The maximum atomic E-state index is 3.62. The van der Waals surface area contributed by atoms with Crippen LogP contribution in [0.25, 0.3) is 0 Å². The molecule has 1 aromatic rings. The van der Waals surface area contributed by atoms with Crippen LogP contribution in [0.5, 0.6) is 0 Å². The summed E-state index contributed by atoms with van der Waals surface area (Å²) in [6.07, 6.45) is 12.1. The Morgan fingerprint density at radius 1 is 1.47 bits per heavy atom. The second kappa shape index (κ2) is 5.96. The predicted octanol–water partition coefficient (Wildman–Crippen LogP) is 3.27. The van der Waals surface area contributed by atoms with Crippen molar-refractivity contribution in [3.63, 3.8) is 0 Å². The molecular formula is C14H24N2S. The summed E-state index contributed by atoms with van der Waals surface area (Å²) in [6.45, 7) is 5.53. The molecule has 96 valence electrons. The monoisotopic (exact) mass is 252 g/mol. The van der Waals surface area contributed by atoms with Crippen molar-refractivity contribution >= 4 is 11.8 Å². The van der Waals surface area contributed by atoms with Crippen LogP contribution in [-0.4, -0.2) is 22.1 Å². The van der Waals surface area contributed by atoms with E-state index in [0.717, 1.165) is 19.6 Å². The maximum absolute atomic E-state index is 3.62. The van der Waals surface area contributed by atoms with Gasteiger partial charge < -0.3 is 9.88 Å². The highest BCUT2D eigenvalue weighted by Gasteiger charge is 2.35. The number of rotatable bonds is 7. The van der Waals surface area contributed by atoms with Gasteiger partial charge in [0.1, 0.15) is 0 Å². The minimum Gasteiger partial charge on any atom is -0.354 e. The van der Waals surface area contributed by atoms with E-state index in [2.05, 4.69) is 41.5 Å². The van der Waals surface area contributed by atoms with Gasteiger partial charge in [-0.1, -0.05) is 13.3 Å². The summed E-state index contributed by atoms with van der Waals surface area (Å²) in [5.74, 6) is 0. The first-order valence-corrected chi connectivity index (χ1v) is 7.91. The van der Waals surface area contributed by atoms with Crippen molar-refractivity contribution in [2.24, 2.45) is 0 Å². The molecule has 0 spiro atoms. The quantitative estimate of drug-likeness (QED) is 0.802. The van der Waals surface area contributed by atoms with Crippen LogP contribution in [0.15, 0.2) is 18.5 Å². The molecule has 1 heterocycles. The number of nitrogens with zero attached hydrogens (tertiary/aromatic N) is 1. The Hall–Kier alpha value is -0.410. The van der Waals surface area contributed by atoms with E-state index < -0.39 is 0 Å². The van der Waals surface area contributed by atoms with Crippen LogP contribution < -0.4 is 5.32 Å². The van der Waals surface area contributed by atoms with Crippen molar-refractivity contribution in [2.45, 2.75) is 50.4 Å². The second-order valence-corrected chi connectivity index (χ2v) is 6.38. The third kappa shape index (κ3) is 3.29. The van der Waals surface area contributed by atoms with Crippen LogP contribution in [0.3, 0.4) is 0 Å². The third-order valence-electron chi connectivity index (χ3n) is 3.77. The number of aryl methyl sites for hydroxylation is 1. The molecule has 0 radical (unpaired) electrons. The van der Waals surface area contributed by atoms with Gasteiger partial charge >= 0.3 is 0 Å². The minimum atomic E-state index is 0.548. The Morgan fingerprint density at radius 3 is 2.88 bits per heavy atom. The molecule has 0 aromatic carbocycles. The fourth-order valence-corrected chi connectivity index (χ4v) is 3.39. The first-order valence-electron chi connectivity index (χ1n) is 6.68. The van der Waals surface area contributed by atoms with Gasteiger partial charge in [0.05, 0.1) is 0 Å². The second-order valence-electron chi connectivity index (χ2n) is 5.10. The van der Waals surface area contributed by atoms with E-state index in [4.69, 9.17) is 0 Å². The highest BCUT2D eigenvalue weighted by atomic mass is 32.2. The molecule has 0 atom stereocenters. The Labute approximate surface area is 109 Å². The fraction of sp³-hybridized carbons (Fsp3) is 0.714. The van der Waals surface area contributed by atoms with Gasteiger partial charge in [-0.05, 0) is 37.1 Å². The van der Waals surface area contributed by atoms with E-state index in [0.29, 0.717) is 4.75 Å². The summed E-state index contributed by atoms with van der Waals surface area (Å²) in [4.78, 5) is 0. The molecule has 1 aliphatic carbocycles. The van der Waals surface area contributed by atoms with Gasteiger partial charge in [0.2, 0.25) is 0 Å². The van der Waals surface area contributed by atoms with Crippen molar-refractivity contribution in [1.29, 1.82) is 0 Å². The van der Waals surface area contributed by atoms with Crippen LogP contribution in [0.4, 0.5) is 0 Å². The third-order valence-corrected chi connectivity index (χ3v) is 5.19. The van der Waals surface area contributed by atoms with E-state index in [-0.39, 0.29) is 0 Å². The van der Waals surface area contributed by atoms with Gasteiger partial charge in [-0.3, -0.25) is 0 Å². The molecule has 1 fully saturated rings. The molecule has 1 aromatic heterocycles. The Morgan fingerprint density at radius 2 is 2.29 bits per heavy atom. The number of aromatic nitrogens is 1. The fourth-order valence-electron chi connectivity index (χ4n) is 2.45. The zero-order valence-electron chi connectivity index (χ0n) is 11.0. The molecule has 0 unspecified atom stereocenters. The highest BCUT2D eigenvalue weighted by Crippen LogP contribution is 2.42. The largest absolute Gasteiger partial charge is 0.354 e. The van der Waals surface area contributed by atoms with Gasteiger partial charge in [-0.25, -0.2) is 0 Å².